The lowest BCUT2D eigenvalue weighted by molar-refractivity contribution is -0.0874. The van der Waals surface area contributed by atoms with Crippen LogP contribution in [0.5, 0.6) is 0 Å². The van der Waals surface area contributed by atoms with Gasteiger partial charge in [0, 0.05) is 18.2 Å². The van der Waals surface area contributed by atoms with Crippen LogP contribution in [0.15, 0.2) is 6.20 Å². The number of aromatic nitrogens is 2. The second-order valence-corrected chi connectivity index (χ2v) is 9.35. The van der Waals surface area contributed by atoms with E-state index in [1.165, 1.54) is 11.3 Å². The second kappa shape index (κ2) is 8.19. The molecule has 0 aliphatic heterocycles. The lowest BCUT2D eigenvalue weighted by atomic mass is 9.49. The van der Waals surface area contributed by atoms with Crippen molar-refractivity contribution in [3.63, 3.8) is 0 Å². The lowest BCUT2D eigenvalue weighted by Crippen LogP contribution is -2.54. The molecule has 2 saturated carbocycles. The van der Waals surface area contributed by atoms with Crippen molar-refractivity contribution in [1.82, 2.24) is 10.2 Å². The summed E-state index contributed by atoms with van der Waals surface area (Å²) in [6.07, 6.45) is 7.74. The highest BCUT2D eigenvalue weighted by atomic mass is 35.5. The number of hydrogen-bond acceptors (Lipinski definition) is 4. The van der Waals surface area contributed by atoms with Crippen molar-refractivity contribution in [3.05, 3.63) is 17.5 Å². The third-order valence-electron chi connectivity index (χ3n) is 8.37. The number of fused-ring (bicyclic) bond motifs is 3. The number of nitrogens with zero attached hydrogens (tertiary/aromatic N) is 1. The minimum absolute atomic E-state index is 0. The van der Waals surface area contributed by atoms with Crippen LogP contribution in [-0.4, -0.2) is 39.7 Å². The number of aliphatic hydroxyl groups excluding tert-OH is 2. The molecule has 0 unspecified atom stereocenters. The van der Waals surface area contributed by atoms with E-state index in [4.69, 9.17) is 5.73 Å². The van der Waals surface area contributed by atoms with Crippen LogP contribution in [-0.2, 0) is 11.8 Å². The highest BCUT2D eigenvalue weighted by Gasteiger charge is 2.57. The van der Waals surface area contributed by atoms with Crippen molar-refractivity contribution in [1.29, 1.82) is 0 Å². The van der Waals surface area contributed by atoms with Gasteiger partial charge in [0.05, 0.1) is 11.8 Å². The van der Waals surface area contributed by atoms with E-state index in [9.17, 15) is 10.2 Å². The van der Waals surface area contributed by atoms with E-state index < -0.39 is 0 Å². The Morgan fingerprint density at radius 2 is 1.96 bits per heavy atom. The normalized spacial score (nSPS) is 43.2. The molecule has 7 heteroatoms. The molecule has 2 fully saturated rings. The smallest absolute Gasteiger partial charge is 0.0715 e. The van der Waals surface area contributed by atoms with Gasteiger partial charge in [-0.2, -0.15) is 5.10 Å². The van der Waals surface area contributed by atoms with E-state index in [0.717, 1.165) is 38.5 Å². The molecule has 1 heterocycles. The predicted molar refractivity (Wildman–Crippen MR) is 111 cm³/mol. The molecule has 0 bridgehead atoms. The largest absolute Gasteiger partial charge is 0.396 e. The molecule has 156 valence electrons. The molecule has 7 atom stereocenters. The fourth-order valence-electron chi connectivity index (χ4n) is 6.80. The first-order valence-electron chi connectivity index (χ1n) is 9.96. The van der Waals surface area contributed by atoms with E-state index in [2.05, 4.69) is 30.2 Å². The molecule has 5 nitrogen and oxygen atoms in total. The monoisotopic (exact) mass is 419 g/mol. The van der Waals surface area contributed by atoms with E-state index in [0.29, 0.717) is 24.3 Å². The minimum atomic E-state index is -0.258. The molecule has 0 amide bonds. The molecule has 1 aromatic rings. The summed E-state index contributed by atoms with van der Waals surface area (Å²) in [5.41, 5.74) is 9.19. The number of hydrogen-bond donors (Lipinski definition) is 4. The first-order chi connectivity index (χ1) is 11.9. The molecular weight excluding hydrogens is 385 g/mol. The maximum Gasteiger partial charge on any atom is 0.0715 e. The summed E-state index contributed by atoms with van der Waals surface area (Å²) in [7, 11) is 0. The predicted octanol–water partition coefficient (Wildman–Crippen LogP) is 2.83. The van der Waals surface area contributed by atoms with Gasteiger partial charge in [-0.3, -0.25) is 5.10 Å². The van der Waals surface area contributed by atoms with Crippen LogP contribution in [0.4, 0.5) is 0 Å². The van der Waals surface area contributed by atoms with Crippen molar-refractivity contribution in [2.24, 2.45) is 34.8 Å². The number of H-pyrrole nitrogens is 1. The minimum Gasteiger partial charge on any atom is -0.396 e. The summed E-state index contributed by atoms with van der Waals surface area (Å²) in [6, 6.07) is 0. The number of rotatable bonds is 3. The van der Waals surface area contributed by atoms with Crippen molar-refractivity contribution in [2.45, 2.75) is 63.9 Å². The molecular formula is C20H35Cl2N3O2. The Hall–Kier alpha value is -0.330. The van der Waals surface area contributed by atoms with E-state index in [1.807, 2.05) is 0 Å². The molecule has 3 aliphatic carbocycles. The fourth-order valence-corrected chi connectivity index (χ4v) is 6.80. The number of aliphatic hydroxyl groups is 2. The summed E-state index contributed by atoms with van der Waals surface area (Å²) in [5.74, 6) is 1.71. The molecule has 1 aromatic heterocycles. The van der Waals surface area contributed by atoms with Crippen LogP contribution in [0.2, 0.25) is 0 Å². The third kappa shape index (κ3) is 3.33. The zero-order valence-electron chi connectivity index (χ0n) is 16.4. The Balaban J connectivity index is 0.00000131. The molecule has 3 aliphatic rings. The third-order valence-corrected chi connectivity index (χ3v) is 8.37. The summed E-state index contributed by atoms with van der Waals surface area (Å²) in [5, 5.41) is 27.8. The zero-order valence-corrected chi connectivity index (χ0v) is 18.0. The highest BCUT2D eigenvalue weighted by Crippen LogP contribution is 2.60. The summed E-state index contributed by atoms with van der Waals surface area (Å²) in [6.45, 7) is 5.60. The molecule has 0 saturated heterocycles. The van der Waals surface area contributed by atoms with E-state index in [-0.39, 0.29) is 54.3 Å². The summed E-state index contributed by atoms with van der Waals surface area (Å²) in [4.78, 5) is 0. The standard InChI is InChI=1S/C20H33N3O2.2ClH/c1-19(5-3-14(25)8-13(19)11-24)16-4-6-20(2)17(15(16)9-21)7-12-10-22-23-18(12)20;;/h10,13-17,24-25H,3-9,11,21H2,1-2H3,(H,22,23);2*1H/t13-,14+,15-,16+,17+,19+,20+;;/m1../s1. The Bertz CT molecular complexity index is 642. The summed E-state index contributed by atoms with van der Waals surface area (Å²) >= 11 is 0. The first-order valence-corrected chi connectivity index (χ1v) is 9.96. The highest BCUT2D eigenvalue weighted by molar-refractivity contribution is 5.85. The van der Waals surface area contributed by atoms with Gasteiger partial charge >= 0.3 is 0 Å². The van der Waals surface area contributed by atoms with Crippen molar-refractivity contribution in [2.75, 3.05) is 13.2 Å². The number of nitrogens with two attached hydrogens (primary N) is 1. The first kappa shape index (κ1) is 23.0. The number of nitrogens with one attached hydrogen (secondary N) is 1. The molecule has 4 rings (SSSR count). The Morgan fingerprint density at radius 3 is 2.63 bits per heavy atom. The SMILES string of the molecule is C[C@]1([C@H]2CC[C@]3(C)c4n[nH]cc4C[C@H]3[C@@H]2CN)CC[C@H](O)C[C@@H]1CO.Cl.Cl. The van der Waals surface area contributed by atoms with Gasteiger partial charge < -0.3 is 15.9 Å². The lowest BCUT2D eigenvalue weighted by Gasteiger charge is -2.56. The zero-order chi connectivity index (χ0) is 17.8. The Labute approximate surface area is 174 Å². The summed E-state index contributed by atoms with van der Waals surface area (Å²) < 4.78 is 0. The van der Waals surface area contributed by atoms with Crippen LogP contribution in [0, 0.1) is 29.1 Å². The van der Waals surface area contributed by atoms with Gasteiger partial charge in [0.25, 0.3) is 0 Å². The van der Waals surface area contributed by atoms with Gasteiger partial charge in [-0.15, -0.1) is 24.8 Å². The fraction of sp³-hybridized carbons (Fsp3) is 0.850. The average Bonchev–Trinajstić information content (AvgIpc) is 3.17. The van der Waals surface area contributed by atoms with Crippen LogP contribution in [0.25, 0.3) is 0 Å². The van der Waals surface area contributed by atoms with Crippen molar-refractivity contribution in [3.8, 4) is 0 Å². The molecule has 27 heavy (non-hydrogen) atoms. The van der Waals surface area contributed by atoms with Gasteiger partial charge in [-0.05, 0) is 79.7 Å². The van der Waals surface area contributed by atoms with E-state index in [1.54, 1.807) is 0 Å². The molecule has 0 aromatic carbocycles. The molecule has 5 N–H and O–H groups in total. The average molecular weight is 420 g/mol. The maximum atomic E-state index is 10.1. The Kier molecular flexibility index (Phi) is 6.96. The van der Waals surface area contributed by atoms with Gasteiger partial charge in [0.15, 0.2) is 0 Å². The van der Waals surface area contributed by atoms with Crippen LogP contribution in [0.1, 0.15) is 57.2 Å². The van der Waals surface area contributed by atoms with Crippen LogP contribution in [0.3, 0.4) is 0 Å². The van der Waals surface area contributed by atoms with Crippen molar-refractivity contribution >= 4 is 24.8 Å². The number of aromatic amines is 1. The Morgan fingerprint density at radius 1 is 1.22 bits per heavy atom. The van der Waals surface area contributed by atoms with Gasteiger partial charge in [-0.1, -0.05) is 13.8 Å². The van der Waals surface area contributed by atoms with Crippen LogP contribution >= 0.6 is 24.8 Å². The van der Waals surface area contributed by atoms with Crippen molar-refractivity contribution < 1.29 is 10.2 Å². The number of halogens is 2. The quantitative estimate of drug-likeness (QED) is 0.605. The van der Waals surface area contributed by atoms with Gasteiger partial charge in [0.2, 0.25) is 0 Å². The maximum absolute atomic E-state index is 10.1. The van der Waals surface area contributed by atoms with Gasteiger partial charge in [0.1, 0.15) is 0 Å². The topological polar surface area (TPSA) is 95.2 Å². The molecule has 0 radical (unpaired) electrons. The van der Waals surface area contributed by atoms with Crippen LogP contribution < -0.4 is 5.73 Å². The second-order valence-electron chi connectivity index (χ2n) is 9.35. The van der Waals surface area contributed by atoms with Gasteiger partial charge in [-0.25, -0.2) is 0 Å². The molecule has 0 spiro atoms. The van der Waals surface area contributed by atoms with E-state index >= 15 is 0 Å².